The first kappa shape index (κ1) is 30.0. The van der Waals surface area contributed by atoms with Crippen molar-refractivity contribution in [3.8, 4) is 16.8 Å². The standard InChI is InChI=1S/C48H34N4O/c1-48(2)42-34(35-25-26-36-33-17-10-12-20-40(33)53-44(36)43(35)48)27-28-39-41(42)37-18-9-11-19-38(37)52(39)32-23-21-31(22-24-32)47-50-45(29-13-5-3-6-14-29)49-46(51-47)30-15-7-4-8-16-30/h3-28,45H,1-2H3,(H,49,50,51). The Morgan fingerprint density at radius 3 is 2.08 bits per heavy atom. The maximum absolute atomic E-state index is 6.63. The Hall–Kier alpha value is -6.72. The summed E-state index contributed by atoms with van der Waals surface area (Å²) in [5.74, 6) is 1.52. The number of aliphatic imine (C=N–C) groups is 2. The van der Waals surface area contributed by atoms with Crippen LogP contribution in [0.1, 0.15) is 47.8 Å². The predicted octanol–water partition coefficient (Wildman–Crippen LogP) is 11.5. The van der Waals surface area contributed by atoms with Crippen LogP contribution in [0.2, 0.25) is 0 Å². The second kappa shape index (κ2) is 11.1. The van der Waals surface area contributed by atoms with Crippen LogP contribution >= 0.6 is 0 Å². The quantitative estimate of drug-likeness (QED) is 0.201. The molecule has 0 amide bonds. The highest BCUT2D eigenvalue weighted by Gasteiger charge is 2.41. The van der Waals surface area contributed by atoms with Crippen LogP contribution in [0, 0.1) is 0 Å². The molecule has 0 radical (unpaired) electrons. The van der Waals surface area contributed by atoms with E-state index in [1.165, 1.54) is 49.4 Å². The fourth-order valence-corrected chi connectivity index (χ4v) is 8.86. The van der Waals surface area contributed by atoms with Crippen molar-refractivity contribution in [3.05, 3.63) is 186 Å². The Morgan fingerprint density at radius 2 is 1.26 bits per heavy atom. The molecule has 0 saturated heterocycles. The first-order valence-electron chi connectivity index (χ1n) is 18.2. The van der Waals surface area contributed by atoms with Crippen molar-refractivity contribution < 1.29 is 4.42 Å². The number of hydrogen-bond acceptors (Lipinski definition) is 4. The number of nitrogens with zero attached hydrogens (tertiary/aromatic N) is 3. The van der Waals surface area contributed by atoms with Gasteiger partial charge in [-0.1, -0.05) is 123 Å². The molecule has 0 saturated carbocycles. The number of rotatable bonds is 4. The molecule has 0 fully saturated rings. The van der Waals surface area contributed by atoms with Crippen LogP contribution < -0.4 is 5.32 Å². The molecule has 5 heteroatoms. The maximum atomic E-state index is 6.63. The summed E-state index contributed by atoms with van der Waals surface area (Å²) in [6, 6.07) is 55.6. The highest BCUT2D eigenvalue weighted by atomic mass is 16.3. The van der Waals surface area contributed by atoms with Gasteiger partial charge in [0.2, 0.25) is 0 Å². The zero-order chi connectivity index (χ0) is 35.3. The van der Waals surface area contributed by atoms with Crippen molar-refractivity contribution in [2.45, 2.75) is 25.4 Å². The molecule has 1 aliphatic heterocycles. The molecule has 1 N–H and O–H groups in total. The molecule has 3 heterocycles. The lowest BCUT2D eigenvalue weighted by atomic mass is 9.80. The van der Waals surface area contributed by atoms with E-state index < -0.39 is 0 Å². The topological polar surface area (TPSA) is 54.8 Å². The first-order valence-corrected chi connectivity index (χ1v) is 18.2. The van der Waals surface area contributed by atoms with E-state index >= 15 is 0 Å². The highest BCUT2D eigenvalue weighted by molar-refractivity contribution is 6.17. The maximum Gasteiger partial charge on any atom is 0.159 e. The van der Waals surface area contributed by atoms with E-state index in [1.54, 1.807) is 0 Å². The van der Waals surface area contributed by atoms with E-state index in [0.29, 0.717) is 5.84 Å². The minimum absolute atomic E-state index is 0.244. The number of furan rings is 1. The Kier molecular flexibility index (Phi) is 6.30. The van der Waals surface area contributed by atoms with Crippen LogP contribution in [0.5, 0.6) is 0 Å². The van der Waals surface area contributed by atoms with Crippen LogP contribution in [0.3, 0.4) is 0 Å². The Bertz CT molecular complexity index is 2980. The average molecular weight is 683 g/mol. The smallest absolute Gasteiger partial charge is 0.159 e. The summed E-state index contributed by atoms with van der Waals surface area (Å²) in [5, 5.41) is 8.43. The molecule has 1 aliphatic carbocycles. The number of hydrogen-bond donors (Lipinski definition) is 1. The molecule has 252 valence electrons. The number of para-hydroxylation sites is 2. The van der Waals surface area contributed by atoms with Crippen LogP contribution in [0.15, 0.2) is 172 Å². The Morgan fingerprint density at radius 1 is 0.585 bits per heavy atom. The van der Waals surface area contributed by atoms with Gasteiger partial charge in [-0.2, -0.15) is 0 Å². The third-order valence-electron chi connectivity index (χ3n) is 11.2. The molecule has 11 rings (SSSR count). The Balaban J connectivity index is 1.06. The normalized spacial score (nSPS) is 16.1. The molecular formula is C48H34N4O. The van der Waals surface area contributed by atoms with Gasteiger partial charge in [-0.05, 0) is 70.8 Å². The molecule has 2 aromatic heterocycles. The lowest BCUT2D eigenvalue weighted by Gasteiger charge is -2.23. The molecule has 2 aliphatic rings. The number of benzene rings is 7. The van der Waals surface area contributed by atoms with E-state index in [9.17, 15) is 0 Å². The number of fused-ring (bicyclic) bond motifs is 11. The summed E-state index contributed by atoms with van der Waals surface area (Å²) >= 11 is 0. The van der Waals surface area contributed by atoms with Gasteiger partial charge in [-0.3, -0.25) is 0 Å². The average Bonchev–Trinajstić information content (AvgIpc) is 3.83. The highest BCUT2D eigenvalue weighted by Crippen LogP contribution is 2.56. The van der Waals surface area contributed by atoms with Gasteiger partial charge in [-0.25, -0.2) is 9.98 Å². The van der Waals surface area contributed by atoms with Gasteiger partial charge in [0.05, 0.1) is 11.0 Å². The third-order valence-corrected chi connectivity index (χ3v) is 11.2. The van der Waals surface area contributed by atoms with Crippen LogP contribution in [0.25, 0.3) is 60.6 Å². The van der Waals surface area contributed by atoms with Crippen molar-refractivity contribution in [2.75, 3.05) is 0 Å². The van der Waals surface area contributed by atoms with Gasteiger partial charge in [0.15, 0.2) is 5.84 Å². The molecule has 5 nitrogen and oxygen atoms in total. The number of nitrogens with one attached hydrogen (secondary N) is 1. The number of amidine groups is 2. The van der Waals surface area contributed by atoms with Crippen LogP contribution in [0.4, 0.5) is 0 Å². The van der Waals surface area contributed by atoms with E-state index in [1.807, 2.05) is 30.3 Å². The van der Waals surface area contributed by atoms with Crippen LogP contribution in [-0.4, -0.2) is 16.2 Å². The van der Waals surface area contributed by atoms with Gasteiger partial charge < -0.3 is 14.3 Å². The first-order chi connectivity index (χ1) is 26.0. The van der Waals surface area contributed by atoms with Crippen molar-refractivity contribution in [1.29, 1.82) is 0 Å². The predicted molar refractivity (Wildman–Crippen MR) is 217 cm³/mol. The summed E-state index contributed by atoms with van der Waals surface area (Å²) in [6.45, 7) is 4.72. The molecule has 7 aromatic carbocycles. The van der Waals surface area contributed by atoms with Gasteiger partial charge in [-0.15, -0.1) is 0 Å². The van der Waals surface area contributed by atoms with Gasteiger partial charge >= 0.3 is 0 Å². The summed E-state index contributed by atoms with van der Waals surface area (Å²) in [4.78, 5) is 10.1. The van der Waals surface area contributed by atoms with E-state index in [-0.39, 0.29) is 11.6 Å². The zero-order valence-corrected chi connectivity index (χ0v) is 29.3. The summed E-state index contributed by atoms with van der Waals surface area (Å²) in [5.41, 5.74) is 13.3. The monoisotopic (exact) mass is 682 g/mol. The lowest BCUT2D eigenvalue weighted by Crippen LogP contribution is -2.33. The number of aromatic nitrogens is 1. The van der Waals surface area contributed by atoms with E-state index in [2.05, 4.69) is 151 Å². The zero-order valence-electron chi connectivity index (χ0n) is 29.3. The molecule has 53 heavy (non-hydrogen) atoms. The van der Waals surface area contributed by atoms with Crippen molar-refractivity contribution in [1.82, 2.24) is 9.88 Å². The summed E-state index contributed by atoms with van der Waals surface area (Å²) in [7, 11) is 0. The summed E-state index contributed by atoms with van der Waals surface area (Å²) in [6.07, 6.45) is -0.244. The second-order valence-electron chi connectivity index (χ2n) is 14.6. The molecular weight excluding hydrogens is 649 g/mol. The van der Waals surface area contributed by atoms with Crippen molar-refractivity contribution in [2.24, 2.45) is 9.98 Å². The second-order valence-corrected chi connectivity index (χ2v) is 14.6. The molecule has 1 atom stereocenters. The third kappa shape index (κ3) is 4.37. The fraction of sp³-hybridized carbons (Fsp3) is 0.0833. The SMILES string of the molecule is CC1(C)c2c(ccc3c2oc2ccccc23)-c2ccc3c(c21)c1ccccc1n3-c1ccc(C2=NC(c3ccccc3)NC(c3ccccc3)=N2)cc1. The van der Waals surface area contributed by atoms with Gasteiger partial charge in [0.1, 0.15) is 23.2 Å². The largest absolute Gasteiger partial charge is 0.456 e. The molecule has 9 aromatic rings. The van der Waals surface area contributed by atoms with Crippen molar-refractivity contribution in [3.63, 3.8) is 0 Å². The minimum Gasteiger partial charge on any atom is -0.456 e. The minimum atomic E-state index is -0.284. The molecule has 1 unspecified atom stereocenters. The van der Waals surface area contributed by atoms with Crippen LogP contribution in [-0.2, 0) is 5.41 Å². The lowest BCUT2D eigenvalue weighted by molar-refractivity contribution is 0.622. The van der Waals surface area contributed by atoms with E-state index in [4.69, 9.17) is 14.4 Å². The van der Waals surface area contributed by atoms with Gasteiger partial charge in [0, 0.05) is 49.3 Å². The molecule has 0 bridgehead atoms. The van der Waals surface area contributed by atoms with Crippen molar-refractivity contribution >= 4 is 55.4 Å². The van der Waals surface area contributed by atoms with Gasteiger partial charge in [0.25, 0.3) is 0 Å². The Labute approximate surface area is 306 Å². The summed E-state index contributed by atoms with van der Waals surface area (Å²) < 4.78 is 9.04. The molecule has 0 spiro atoms. The fourth-order valence-electron chi connectivity index (χ4n) is 8.86. The van der Waals surface area contributed by atoms with E-state index in [0.717, 1.165) is 44.8 Å².